The minimum Gasteiger partial charge on any atom is -0.369 e. The van der Waals surface area contributed by atoms with Crippen molar-refractivity contribution in [1.82, 2.24) is 9.47 Å². The van der Waals surface area contributed by atoms with E-state index in [4.69, 9.17) is 11.6 Å². The smallest absolute Gasteiger partial charge is 0.253 e. The molecule has 7 nitrogen and oxygen atoms in total. The monoisotopic (exact) mass is 548 g/mol. The summed E-state index contributed by atoms with van der Waals surface area (Å²) in [5.41, 5.74) is 3.03. The second-order valence-electron chi connectivity index (χ2n) is 10.8. The summed E-state index contributed by atoms with van der Waals surface area (Å²) in [6.07, 6.45) is 2.74. The van der Waals surface area contributed by atoms with Crippen LogP contribution in [0.2, 0.25) is 5.02 Å². The number of fused-ring (bicyclic) bond motifs is 4. The van der Waals surface area contributed by atoms with Crippen molar-refractivity contribution in [2.75, 3.05) is 36.4 Å². The molecule has 2 fully saturated rings. The number of carbonyl (C=O) groups is 2. The molecule has 0 radical (unpaired) electrons. The number of hydrogen-bond donors (Lipinski definition) is 1. The number of carbonyl (C=O) groups excluding carboxylic acids is 2. The highest BCUT2D eigenvalue weighted by Crippen LogP contribution is 2.39. The first-order chi connectivity index (χ1) is 18.9. The molecule has 2 saturated heterocycles. The van der Waals surface area contributed by atoms with Crippen LogP contribution in [0.1, 0.15) is 46.8 Å². The predicted octanol–water partition coefficient (Wildman–Crippen LogP) is 4.68. The van der Waals surface area contributed by atoms with Crippen LogP contribution in [0.15, 0.2) is 59.4 Å². The Hall–Kier alpha value is -3.65. The molecule has 2 bridgehead atoms. The van der Waals surface area contributed by atoms with Gasteiger partial charge >= 0.3 is 0 Å². The van der Waals surface area contributed by atoms with E-state index in [-0.39, 0.29) is 40.3 Å². The third-order valence-electron chi connectivity index (χ3n) is 8.13. The number of nitrogens with one attached hydrogen (secondary N) is 1. The van der Waals surface area contributed by atoms with Crippen molar-refractivity contribution < 1.29 is 14.0 Å². The molecule has 2 aromatic carbocycles. The number of benzene rings is 2. The Morgan fingerprint density at radius 1 is 1.00 bits per heavy atom. The van der Waals surface area contributed by atoms with Gasteiger partial charge in [0.25, 0.3) is 11.5 Å². The van der Waals surface area contributed by atoms with Crippen LogP contribution in [0.4, 0.5) is 15.8 Å². The van der Waals surface area contributed by atoms with Gasteiger partial charge in [-0.2, -0.15) is 0 Å². The number of nitrogens with zero attached hydrogens (tertiary/aromatic N) is 3. The van der Waals surface area contributed by atoms with Gasteiger partial charge in [-0.1, -0.05) is 23.7 Å². The van der Waals surface area contributed by atoms with Crippen molar-refractivity contribution in [3.05, 3.63) is 92.6 Å². The number of halogens is 2. The number of pyridine rings is 1. The Morgan fingerprint density at radius 3 is 2.59 bits per heavy atom. The van der Waals surface area contributed by atoms with Crippen LogP contribution in [0.25, 0.3) is 0 Å². The van der Waals surface area contributed by atoms with Gasteiger partial charge in [-0.25, -0.2) is 4.39 Å². The van der Waals surface area contributed by atoms with Gasteiger partial charge in [-0.05, 0) is 61.6 Å². The van der Waals surface area contributed by atoms with Crippen LogP contribution in [-0.4, -0.2) is 47.5 Å². The van der Waals surface area contributed by atoms with Crippen molar-refractivity contribution in [2.24, 2.45) is 5.92 Å². The van der Waals surface area contributed by atoms with Gasteiger partial charge in [0.05, 0.1) is 17.8 Å². The van der Waals surface area contributed by atoms with E-state index in [1.54, 1.807) is 18.2 Å². The Bertz CT molecular complexity index is 1480. The van der Waals surface area contributed by atoms with Crippen molar-refractivity contribution in [1.29, 1.82) is 0 Å². The lowest BCUT2D eigenvalue weighted by atomic mass is 9.83. The van der Waals surface area contributed by atoms with Gasteiger partial charge in [0.15, 0.2) is 0 Å². The molecule has 0 saturated carbocycles. The summed E-state index contributed by atoms with van der Waals surface area (Å²) in [4.78, 5) is 42.9. The quantitative estimate of drug-likeness (QED) is 0.502. The lowest BCUT2D eigenvalue weighted by Crippen LogP contribution is -2.47. The number of likely N-dealkylation sites (tertiary alicyclic amines) is 1. The fourth-order valence-corrected chi connectivity index (χ4v) is 6.53. The maximum absolute atomic E-state index is 14.4. The molecule has 6 rings (SSSR count). The number of amides is 2. The molecule has 1 N–H and O–H groups in total. The van der Waals surface area contributed by atoms with Crippen LogP contribution >= 0.6 is 11.6 Å². The number of hydrogen-bond acceptors (Lipinski definition) is 4. The first-order valence-electron chi connectivity index (χ1n) is 13.5. The first-order valence-corrected chi connectivity index (χ1v) is 13.9. The predicted molar refractivity (Wildman–Crippen MR) is 149 cm³/mol. The fourth-order valence-electron chi connectivity index (χ4n) is 6.30. The molecule has 2 amide bonds. The molecule has 0 spiro atoms. The van der Waals surface area contributed by atoms with Gasteiger partial charge in [0, 0.05) is 66.6 Å². The van der Waals surface area contributed by atoms with E-state index in [1.807, 2.05) is 33.7 Å². The molecule has 0 aliphatic carbocycles. The third-order valence-corrected chi connectivity index (χ3v) is 8.48. The van der Waals surface area contributed by atoms with Crippen LogP contribution in [0.3, 0.4) is 0 Å². The molecule has 202 valence electrons. The second kappa shape index (κ2) is 10.5. The second-order valence-corrected chi connectivity index (χ2v) is 11.2. The highest BCUT2D eigenvalue weighted by atomic mass is 35.5. The van der Waals surface area contributed by atoms with E-state index in [0.717, 1.165) is 50.3 Å². The average molecular weight is 549 g/mol. The lowest BCUT2D eigenvalue weighted by Gasteiger charge is -2.44. The molecule has 3 aliphatic heterocycles. The molecule has 39 heavy (non-hydrogen) atoms. The molecular formula is C30H30ClFN4O3. The fraction of sp³-hybridized carbons (Fsp3) is 0.367. The zero-order valence-corrected chi connectivity index (χ0v) is 22.3. The van der Waals surface area contributed by atoms with E-state index in [1.165, 1.54) is 12.1 Å². The van der Waals surface area contributed by atoms with Crippen molar-refractivity contribution >= 4 is 34.8 Å². The number of piperidine rings is 1. The zero-order valence-electron chi connectivity index (χ0n) is 21.5. The van der Waals surface area contributed by atoms with Crippen LogP contribution in [-0.2, 0) is 17.8 Å². The topological polar surface area (TPSA) is 74.7 Å². The standard InChI is InChI=1S/C30H30ClFN4O3/c31-23-5-3-6-24(32)22(23)15-28(37)33-25-14-20(30(39)34-11-1-2-12-34)9-10-27(25)35-16-19-13-21(18-35)26-7-4-8-29(38)36(26)17-19/h3-10,14,19,21H,1-2,11-13,15-18H2,(H,33,37). The van der Waals surface area contributed by atoms with Gasteiger partial charge in [-0.15, -0.1) is 0 Å². The molecule has 3 aliphatic rings. The molecular weight excluding hydrogens is 519 g/mol. The van der Waals surface area contributed by atoms with Crippen LogP contribution < -0.4 is 15.8 Å². The maximum atomic E-state index is 14.4. The maximum Gasteiger partial charge on any atom is 0.253 e. The summed E-state index contributed by atoms with van der Waals surface area (Å²) in [6.45, 7) is 3.51. The molecule has 9 heteroatoms. The summed E-state index contributed by atoms with van der Waals surface area (Å²) in [6, 6.07) is 15.2. The zero-order chi connectivity index (χ0) is 27.1. The summed E-state index contributed by atoms with van der Waals surface area (Å²) >= 11 is 6.17. The van der Waals surface area contributed by atoms with Gasteiger partial charge in [-0.3, -0.25) is 14.4 Å². The average Bonchev–Trinajstić information content (AvgIpc) is 3.46. The summed E-state index contributed by atoms with van der Waals surface area (Å²) in [7, 11) is 0. The Labute approximate surface area is 231 Å². The minimum atomic E-state index is -0.534. The summed E-state index contributed by atoms with van der Waals surface area (Å²) in [5, 5.41) is 3.15. The Kier molecular flexibility index (Phi) is 6.89. The molecule has 2 unspecified atom stereocenters. The van der Waals surface area contributed by atoms with Crippen molar-refractivity contribution in [2.45, 2.75) is 38.1 Å². The highest BCUT2D eigenvalue weighted by Gasteiger charge is 2.35. The normalized spacial score (nSPS) is 20.1. The molecule has 4 heterocycles. The van der Waals surface area contributed by atoms with Crippen LogP contribution in [0, 0.1) is 11.7 Å². The number of anilines is 2. The molecule has 3 aromatic rings. The van der Waals surface area contributed by atoms with Crippen LogP contribution in [0.5, 0.6) is 0 Å². The van der Waals surface area contributed by atoms with E-state index in [0.29, 0.717) is 24.3 Å². The van der Waals surface area contributed by atoms with Gasteiger partial charge in [0.1, 0.15) is 5.82 Å². The number of rotatable bonds is 5. The minimum absolute atomic E-state index is 0.0279. The highest BCUT2D eigenvalue weighted by molar-refractivity contribution is 6.31. The van der Waals surface area contributed by atoms with E-state index in [9.17, 15) is 18.8 Å². The van der Waals surface area contributed by atoms with E-state index < -0.39 is 11.7 Å². The Morgan fingerprint density at radius 2 is 1.79 bits per heavy atom. The van der Waals surface area contributed by atoms with Crippen molar-refractivity contribution in [3.8, 4) is 0 Å². The summed E-state index contributed by atoms with van der Waals surface area (Å²) < 4.78 is 16.3. The first kappa shape index (κ1) is 25.6. The van der Waals surface area contributed by atoms with Crippen molar-refractivity contribution in [3.63, 3.8) is 0 Å². The third kappa shape index (κ3) is 5.05. The molecule has 1 aromatic heterocycles. The van der Waals surface area contributed by atoms with E-state index in [2.05, 4.69) is 10.2 Å². The lowest BCUT2D eigenvalue weighted by molar-refractivity contribution is -0.115. The number of aromatic nitrogens is 1. The van der Waals surface area contributed by atoms with E-state index >= 15 is 0 Å². The van der Waals surface area contributed by atoms with Gasteiger partial charge in [0.2, 0.25) is 5.91 Å². The van der Waals surface area contributed by atoms with Gasteiger partial charge < -0.3 is 19.7 Å². The largest absolute Gasteiger partial charge is 0.369 e. The SMILES string of the molecule is O=C(Cc1c(F)cccc1Cl)Nc1cc(C(=O)N2CCCC2)ccc1N1CC2CC(C1)c1cccc(=O)n1C2. The summed E-state index contributed by atoms with van der Waals surface area (Å²) in [5.74, 6) is -0.548. The molecule has 2 atom stereocenters. The Balaban J connectivity index is 1.31.